The maximum atomic E-state index is 12.9. The molecule has 0 bridgehead atoms. The van der Waals surface area contributed by atoms with E-state index in [1.165, 1.54) is 0 Å². The summed E-state index contributed by atoms with van der Waals surface area (Å²) in [6.07, 6.45) is 0. The first-order valence-corrected chi connectivity index (χ1v) is 11.6. The van der Waals surface area contributed by atoms with Crippen LogP contribution in [0, 0.1) is 6.92 Å². The van der Waals surface area contributed by atoms with Gasteiger partial charge in [-0.2, -0.15) is 16.1 Å². The number of methoxy groups -OCH3 is 1. The van der Waals surface area contributed by atoms with E-state index in [4.69, 9.17) is 4.74 Å². The molecule has 1 fully saturated rings. The molecule has 1 saturated heterocycles. The van der Waals surface area contributed by atoms with Gasteiger partial charge in [-0.15, -0.1) is 0 Å². The first-order chi connectivity index (χ1) is 13.3. The molecule has 0 radical (unpaired) electrons. The second-order valence-electron chi connectivity index (χ2n) is 6.70. The lowest BCUT2D eigenvalue weighted by molar-refractivity contribution is 0.102. The van der Waals surface area contributed by atoms with Gasteiger partial charge in [0.05, 0.1) is 12.0 Å². The third-order valence-corrected chi connectivity index (χ3v) is 7.90. The first-order valence-electron chi connectivity index (χ1n) is 8.98. The molecule has 1 amide bonds. The van der Waals surface area contributed by atoms with Crippen LogP contribution in [0.2, 0.25) is 0 Å². The average molecular weight is 421 g/mol. The van der Waals surface area contributed by atoms with Gasteiger partial charge in [-0.25, -0.2) is 8.42 Å². The van der Waals surface area contributed by atoms with Gasteiger partial charge in [-0.05, 0) is 61.9 Å². The van der Waals surface area contributed by atoms with Crippen molar-refractivity contribution in [2.24, 2.45) is 0 Å². The van der Waals surface area contributed by atoms with E-state index < -0.39 is 10.0 Å². The Bertz CT molecular complexity index is 959. The van der Waals surface area contributed by atoms with Gasteiger partial charge in [-0.3, -0.25) is 4.79 Å². The summed E-state index contributed by atoms with van der Waals surface area (Å²) < 4.78 is 32.5. The Kier molecular flexibility index (Phi) is 6.32. The van der Waals surface area contributed by atoms with E-state index in [0.717, 1.165) is 22.8 Å². The molecule has 1 atom stereocenters. The summed E-state index contributed by atoms with van der Waals surface area (Å²) in [4.78, 5) is 12.7. The lowest BCUT2D eigenvalue weighted by Crippen LogP contribution is -2.44. The van der Waals surface area contributed by atoms with Crippen LogP contribution in [-0.2, 0) is 10.0 Å². The van der Waals surface area contributed by atoms with E-state index >= 15 is 0 Å². The van der Waals surface area contributed by atoms with Gasteiger partial charge in [0.1, 0.15) is 5.75 Å². The Balaban J connectivity index is 1.74. The van der Waals surface area contributed by atoms with Crippen molar-refractivity contribution >= 4 is 33.4 Å². The first kappa shape index (κ1) is 20.7. The van der Waals surface area contributed by atoms with Crippen molar-refractivity contribution in [3.8, 4) is 5.75 Å². The fraction of sp³-hybridized carbons (Fsp3) is 0.350. The lowest BCUT2D eigenvalue weighted by Gasteiger charge is -2.31. The molecular formula is C20H24N2O4S2. The molecule has 0 aliphatic carbocycles. The number of thioether (sulfide) groups is 1. The number of ether oxygens (including phenoxy) is 1. The van der Waals surface area contributed by atoms with Crippen LogP contribution in [-0.4, -0.2) is 49.8 Å². The van der Waals surface area contributed by atoms with Gasteiger partial charge in [0, 0.05) is 35.3 Å². The van der Waals surface area contributed by atoms with E-state index in [1.807, 2.05) is 13.8 Å². The second-order valence-corrected chi connectivity index (χ2v) is 9.74. The number of hydrogen-bond donors (Lipinski definition) is 1. The normalized spacial score (nSPS) is 17.9. The van der Waals surface area contributed by atoms with E-state index in [1.54, 1.807) is 65.6 Å². The Morgan fingerprint density at radius 1 is 1.21 bits per heavy atom. The molecule has 0 saturated carbocycles. The highest BCUT2D eigenvalue weighted by Gasteiger charge is 2.31. The van der Waals surface area contributed by atoms with Crippen LogP contribution in [0.4, 0.5) is 5.69 Å². The van der Waals surface area contributed by atoms with Crippen LogP contribution in [0.25, 0.3) is 0 Å². The van der Waals surface area contributed by atoms with Gasteiger partial charge in [0.25, 0.3) is 5.91 Å². The minimum atomic E-state index is -3.53. The number of anilines is 1. The summed E-state index contributed by atoms with van der Waals surface area (Å²) in [5.41, 5.74) is 1.92. The van der Waals surface area contributed by atoms with Crippen molar-refractivity contribution in [2.45, 2.75) is 24.8 Å². The maximum absolute atomic E-state index is 12.9. The number of nitrogens with one attached hydrogen (secondary N) is 1. The number of carbonyl (C=O) groups is 1. The molecule has 2 aromatic carbocycles. The minimum absolute atomic E-state index is 0.0264. The highest BCUT2D eigenvalue weighted by molar-refractivity contribution is 7.99. The van der Waals surface area contributed by atoms with Crippen LogP contribution in [0.15, 0.2) is 47.4 Å². The quantitative estimate of drug-likeness (QED) is 0.803. The standard InChI is InChI=1S/C20H24N2O4S2/c1-14-12-16(4-9-19(14)26-3)20(23)21-17-5-7-18(8-6-17)28(24,25)22-10-11-27-13-15(22)2/h4-9,12,15H,10-11,13H2,1-3H3,(H,21,23). The second kappa shape index (κ2) is 8.55. The largest absolute Gasteiger partial charge is 0.496 e. The van der Waals surface area contributed by atoms with Gasteiger partial charge in [-0.1, -0.05) is 0 Å². The fourth-order valence-electron chi connectivity index (χ4n) is 3.14. The highest BCUT2D eigenvalue weighted by atomic mass is 32.2. The summed E-state index contributed by atoms with van der Waals surface area (Å²) >= 11 is 1.77. The molecular weight excluding hydrogens is 396 g/mol. The molecule has 0 aromatic heterocycles. The van der Waals surface area contributed by atoms with Gasteiger partial charge in [0.2, 0.25) is 10.0 Å². The Morgan fingerprint density at radius 3 is 2.54 bits per heavy atom. The number of amides is 1. The van der Waals surface area contributed by atoms with Crippen molar-refractivity contribution in [3.05, 3.63) is 53.6 Å². The zero-order valence-corrected chi connectivity index (χ0v) is 17.8. The predicted molar refractivity (Wildman–Crippen MR) is 113 cm³/mol. The number of sulfonamides is 1. The molecule has 0 spiro atoms. The van der Waals surface area contributed by atoms with Crippen molar-refractivity contribution in [1.82, 2.24) is 4.31 Å². The number of hydrogen-bond acceptors (Lipinski definition) is 5. The molecule has 3 rings (SSSR count). The molecule has 6 nitrogen and oxygen atoms in total. The molecule has 1 heterocycles. The van der Waals surface area contributed by atoms with Gasteiger partial charge < -0.3 is 10.1 Å². The molecule has 1 aliphatic rings. The molecule has 150 valence electrons. The average Bonchev–Trinajstić information content (AvgIpc) is 2.68. The summed E-state index contributed by atoms with van der Waals surface area (Å²) in [6, 6.07) is 11.5. The number of carbonyl (C=O) groups excluding carboxylic acids is 1. The fourth-order valence-corrected chi connectivity index (χ4v) is 5.99. The predicted octanol–water partition coefficient (Wildman–Crippen LogP) is 3.38. The smallest absolute Gasteiger partial charge is 0.255 e. The maximum Gasteiger partial charge on any atom is 0.255 e. The number of benzene rings is 2. The monoisotopic (exact) mass is 420 g/mol. The number of aryl methyl sites for hydroxylation is 1. The van der Waals surface area contributed by atoms with E-state index in [9.17, 15) is 13.2 Å². The summed E-state index contributed by atoms with van der Waals surface area (Å²) in [7, 11) is -1.94. The molecule has 1 unspecified atom stereocenters. The van der Waals surface area contributed by atoms with Gasteiger partial charge >= 0.3 is 0 Å². The molecule has 28 heavy (non-hydrogen) atoms. The molecule has 1 N–H and O–H groups in total. The summed E-state index contributed by atoms with van der Waals surface area (Å²) in [5, 5.41) is 2.80. The summed E-state index contributed by atoms with van der Waals surface area (Å²) in [6.45, 7) is 4.31. The molecule has 8 heteroatoms. The van der Waals surface area contributed by atoms with E-state index in [-0.39, 0.29) is 16.8 Å². The SMILES string of the molecule is COc1ccc(C(=O)Nc2ccc(S(=O)(=O)N3CCSCC3C)cc2)cc1C. The minimum Gasteiger partial charge on any atom is -0.496 e. The number of nitrogens with zero attached hydrogens (tertiary/aromatic N) is 1. The van der Waals surface area contributed by atoms with Crippen molar-refractivity contribution < 1.29 is 17.9 Å². The zero-order chi connectivity index (χ0) is 20.3. The van der Waals surface area contributed by atoms with E-state index in [2.05, 4.69) is 5.32 Å². The zero-order valence-electron chi connectivity index (χ0n) is 16.1. The van der Waals surface area contributed by atoms with Crippen LogP contribution in [0.5, 0.6) is 5.75 Å². The third kappa shape index (κ3) is 4.34. The summed E-state index contributed by atoms with van der Waals surface area (Å²) in [5.74, 6) is 2.06. The lowest BCUT2D eigenvalue weighted by atomic mass is 10.1. The number of rotatable bonds is 5. The highest BCUT2D eigenvalue weighted by Crippen LogP contribution is 2.25. The van der Waals surface area contributed by atoms with E-state index in [0.29, 0.717) is 17.8 Å². The Morgan fingerprint density at radius 2 is 1.93 bits per heavy atom. The molecule has 2 aromatic rings. The Hall–Kier alpha value is -2.03. The van der Waals surface area contributed by atoms with Gasteiger partial charge in [0.15, 0.2) is 0 Å². The molecule has 1 aliphatic heterocycles. The van der Waals surface area contributed by atoms with Crippen LogP contribution < -0.4 is 10.1 Å². The van der Waals surface area contributed by atoms with Crippen molar-refractivity contribution in [2.75, 3.05) is 30.5 Å². The van der Waals surface area contributed by atoms with Crippen LogP contribution in [0.1, 0.15) is 22.8 Å². The van der Waals surface area contributed by atoms with Crippen molar-refractivity contribution in [3.63, 3.8) is 0 Å². The van der Waals surface area contributed by atoms with Crippen molar-refractivity contribution in [1.29, 1.82) is 0 Å². The van der Waals surface area contributed by atoms with Crippen LogP contribution in [0.3, 0.4) is 0 Å². The topological polar surface area (TPSA) is 75.7 Å². The Labute approximate surface area is 170 Å². The van der Waals surface area contributed by atoms with Crippen LogP contribution >= 0.6 is 11.8 Å². The third-order valence-electron chi connectivity index (χ3n) is 4.68.